The van der Waals surface area contributed by atoms with E-state index in [1.54, 1.807) is 0 Å². The van der Waals surface area contributed by atoms with E-state index in [2.05, 4.69) is 67.3 Å². The Kier molecular flexibility index (Phi) is 8.13. The fourth-order valence-electron chi connectivity index (χ4n) is 3.32. The van der Waals surface area contributed by atoms with Gasteiger partial charge in [0.1, 0.15) is 6.23 Å². The van der Waals surface area contributed by atoms with Gasteiger partial charge >= 0.3 is 0 Å². The normalized spacial score (nSPS) is 14.0. The number of rotatable bonds is 10. The molecule has 0 spiro atoms. The van der Waals surface area contributed by atoms with Crippen molar-refractivity contribution in [1.29, 1.82) is 0 Å². The second-order valence-corrected chi connectivity index (χ2v) is 6.42. The van der Waals surface area contributed by atoms with E-state index < -0.39 is 0 Å². The smallest absolute Gasteiger partial charge is 0.113 e. The predicted molar refractivity (Wildman–Crippen MR) is 103 cm³/mol. The summed E-state index contributed by atoms with van der Waals surface area (Å²) in [5.74, 6) is 0.376. The van der Waals surface area contributed by atoms with Crippen molar-refractivity contribution in [1.82, 2.24) is 4.90 Å². The molecule has 2 aromatic rings. The van der Waals surface area contributed by atoms with E-state index in [0.29, 0.717) is 19.1 Å². The van der Waals surface area contributed by atoms with E-state index in [9.17, 15) is 5.11 Å². The zero-order chi connectivity index (χ0) is 18.1. The van der Waals surface area contributed by atoms with Crippen LogP contribution in [0.2, 0.25) is 0 Å². The Bertz CT molecular complexity index is 548. The van der Waals surface area contributed by atoms with Gasteiger partial charge in [0.15, 0.2) is 0 Å². The molecule has 0 aliphatic heterocycles. The number of nitrogens with zero attached hydrogens (tertiary/aromatic N) is 1. The average molecular weight is 341 g/mol. The SMILES string of the molecule is CCOC([C@@H](C)CC)N(CCO)C(c1ccccc1)c1ccccc1. The van der Waals surface area contributed by atoms with Crippen molar-refractivity contribution in [3.05, 3.63) is 71.8 Å². The van der Waals surface area contributed by atoms with Gasteiger partial charge in [0.2, 0.25) is 0 Å². The van der Waals surface area contributed by atoms with Crippen molar-refractivity contribution in [3.63, 3.8) is 0 Å². The molecule has 2 atom stereocenters. The van der Waals surface area contributed by atoms with E-state index >= 15 is 0 Å². The van der Waals surface area contributed by atoms with Crippen molar-refractivity contribution in [2.45, 2.75) is 39.5 Å². The number of aliphatic hydroxyl groups is 1. The molecular weight excluding hydrogens is 310 g/mol. The molecule has 0 amide bonds. The lowest BCUT2D eigenvalue weighted by Crippen LogP contribution is -2.45. The predicted octanol–water partition coefficient (Wildman–Crippen LogP) is 4.48. The largest absolute Gasteiger partial charge is 0.395 e. The van der Waals surface area contributed by atoms with Crippen LogP contribution in [0.1, 0.15) is 44.4 Å². The van der Waals surface area contributed by atoms with E-state index in [1.807, 2.05) is 19.1 Å². The third-order valence-corrected chi connectivity index (χ3v) is 4.72. The Hall–Kier alpha value is -1.68. The summed E-state index contributed by atoms with van der Waals surface area (Å²) in [7, 11) is 0. The Labute approximate surface area is 152 Å². The molecule has 0 aromatic heterocycles. The van der Waals surface area contributed by atoms with Gasteiger partial charge in [0.05, 0.1) is 12.6 Å². The number of hydrogen-bond donors (Lipinski definition) is 1. The summed E-state index contributed by atoms with van der Waals surface area (Å²) in [6.07, 6.45) is 0.996. The number of ether oxygens (including phenoxy) is 1. The molecule has 25 heavy (non-hydrogen) atoms. The first kappa shape index (κ1) is 19.6. The second kappa shape index (κ2) is 10.3. The van der Waals surface area contributed by atoms with Crippen molar-refractivity contribution in [3.8, 4) is 0 Å². The van der Waals surface area contributed by atoms with Crippen molar-refractivity contribution in [2.75, 3.05) is 19.8 Å². The van der Waals surface area contributed by atoms with Crippen LogP contribution in [-0.2, 0) is 4.74 Å². The highest BCUT2D eigenvalue weighted by atomic mass is 16.5. The summed E-state index contributed by atoms with van der Waals surface area (Å²) >= 11 is 0. The van der Waals surface area contributed by atoms with Crippen LogP contribution in [0, 0.1) is 5.92 Å². The summed E-state index contributed by atoms with van der Waals surface area (Å²) in [5, 5.41) is 9.75. The molecule has 2 rings (SSSR count). The lowest BCUT2D eigenvalue weighted by Gasteiger charge is -2.40. The van der Waals surface area contributed by atoms with Gasteiger partial charge in [-0.1, -0.05) is 74.5 Å². The highest BCUT2D eigenvalue weighted by Gasteiger charge is 2.31. The maximum atomic E-state index is 9.75. The van der Waals surface area contributed by atoms with Crippen LogP contribution in [0.4, 0.5) is 0 Å². The molecule has 0 aliphatic carbocycles. The minimum absolute atomic E-state index is 0.0347. The van der Waals surface area contributed by atoms with Crippen LogP contribution in [0.3, 0.4) is 0 Å². The van der Waals surface area contributed by atoms with Crippen LogP contribution in [-0.4, -0.2) is 36.0 Å². The lowest BCUT2D eigenvalue weighted by molar-refractivity contribution is -0.104. The van der Waals surface area contributed by atoms with Crippen LogP contribution >= 0.6 is 0 Å². The second-order valence-electron chi connectivity index (χ2n) is 6.42. The highest BCUT2D eigenvalue weighted by molar-refractivity contribution is 5.32. The Balaban J connectivity index is 2.49. The van der Waals surface area contributed by atoms with E-state index in [1.165, 1.54) is 11.1 Å². The zero-order valence-electron chi connectivity index (χ0n) is 15.6. The molecule has 3 heteroatoms. The standard InChI is InChI=1S/C22H31NO2/c1-4-18(3)22(25-5-2)23(16-17-24)21(19-12-8-6-9-13-19)20-14-10-7-11-15-20/h6-15,18,21-22,24H,4-5,16-17H2,1-3H3/t18-,22?/m0/s1. The van der Waals surface area contributed by atoms with Crippen molar-refractivity contribution in [2.24, 2.45) is 5.92 Å². The minimum atomic E-state index is -0.0347. The Morgan fingerprint density at radius 2 is 1.44 bits per heavy atom. The topological polar surface area (TPSA) is 32.7 Å². The van der Waals surface area contributed by atoms with Crippen LogP contribution < -0.4 is 0 Å². The van der Waals surface area contributed by atoms with Crippen LogP contribution in [0.25, 0.3) is 0 Å². The molecule has 3 nitrogen and oxygen atoms in total. The van der Waals surface area contributed by atoms with Gasteiger partial charge in [-0.15, -0.1) is 0 Å². The van der Waals surface area contributed by atoms with Crippen LogP contribution in [0.5, 0.6) is 0 Å². The molecular formula is C22H31NO2. The first-order valence-corrected chi connectivity index (χ1v) is 9.31. The summed E-state index contributed by atoms with van der Waals surface area (Å²) in [6.45, 7) is 7.78. The fourth-order valence-corrected chi connectivity index (χ4v) is 3.32. The van der Waals surface area contributed by atoms with Gasteiger partial charge in [-0.25, -0.2) is 0 Å². The van der Waals surface area contributed by atoms with Crippen LogP contribution in [0.15, 0.2) is 60.7 Å². The molecule has 1 N–H and O–H groups in total. The van der Waals surface area contributed by atoms with Gasteiger partial charge in [-0.3, -0.25) is 4.90 Å². The maximum Gasteiger partial charge on any atom is 0.113 e. The molecule has 0 fully saturated rings. The lowest BCUT2D eigenvalue weighted by atomic mass is 9.94. The zero-order valence-corrected chi connectivity index (χ0v) is 15.6. The fraction of sp³-hybridized carbons (Fsp3) is 0.455. The molecule has 0 saturated carbocycles. The number of aliphatic hydroxyl groups excluding tert-OH is 1. The van der Waals surface area contributed by atoms with Crippen molar-refractivity contribution >= 4 is 0 Å². The van der Waals surface area contributed by atoms with Gasteiger partial charge in [-0.2, -0.15) is 0 Å². The molecule has 0 heterocycles. The van der Waals surface area contributed by atoms with E-state index in [-0.39, 0.29) is 18.9 Å². The Morgan fingerprint density at radius 3 is 1.84 bits per heavy atom. The first-order valence-electron chi connectivity index (χ1n) is 9.31. The van der Waals surface area contributed by atoms with Gasteiger partial charge in [-0.05, 0) is 30.4 Å². The molecule has 2 aromatic carbocycles. The molecule has 0 aliphatic rings. The molecule has 1 unspecified atom stereocenters. The van der Waals surface area contributed by atoms with Gasteiger partial charge in [0, 0.05) is 13.2 Å². The quantitative estimate of drug-likeness (QED) is 0.647. The summed E-state index contributed by atoms with van der Waals surface area (Å²) in [5.41, 5.74) is 2.44. The summed E-state index contributed by atoms with van der Waals surface area (Å²) < 4.78 is 6.15. The molecule has 0 radical (unpaired) electrons. The monoisotopic (exact) mass is 341 g/mol. The number of hydrogen-bond acceptors (Lipinski definition) is 3. The van der Waals surface area contributed by atoms with Crippen molar-refractivity contribution < 1.29 is 9.84 Å². The van der Waals surface area contributed by atoms with E-state index in [0.717, 1.165) is 6.42 Å². The minimum Gasteiger partial charge on any atom is -0.395 e. The van der Waals surface area contributed by atoms with E-state index in [4.69, 9.17) is 4.74 Å². The third-order valence-electron chi connectivity index (χ3n) is 4.72. The molecule has 136 valence electrons. The Morgan fingerprint density at radius 1 is 0.920 bits per heavy atom. The summed E-state index contributed by atoms with van der Waals surface area (Å²) in [4.78, 5) is 2.31. The number of benzene rings is 2. The first-order chi connectivity index (χ1) is 12.2. The summed E-state index contributed by atoms with van der Waals surface area (Å²) in [6, 6.07) is 21.0. The van der Waals surface area contributed by atoms with Gasteiger partial charge < -0.3 is 9.84 Å². The average Bonchev–Trinajstić information content (AvgIpc) is 2.67. The highest BCUT2D eigenvalue weighted by Crippen LogP contribution is 2.33. The maximum absolute atomic E-state index is 9.75. The third kappa shape index (κ3) is 5.15. The molecule has 0 saturated heterocycles. The van der Waals surface area contributed by atoms with Gasteiger partial charge in [0.25, 0.3) is 0 Å². The molecule has 0 bridgehead atoms.